The SMILES string of the molecule is CN1/C(=C/C(=O)COC(=O)CCc2ccc(S(=O)(=O)N3CCCCC3)cc2)C(C)(C)c2ccccc21. The molecule has 0 N–H and O–H groups in total. The van der Waals surface area contributed by atoms with Crippen LogP contribution in [0.25, 0.3) is 0 Å². The van der Waals surface area contributed by atoms with Crippen LogP contribution in [0, 0.1) is 0 Å². The fourth-order valence-electron chi connectivity index (χ4n) is 5.01. The highest BCUT2D eigenvalue weighted by atomic mass is 32.2. The van der Waals surface area contributed by atoms with Gasteiger partial charge in [-0.25, -0.2) is 8.42 Å². The van der Waals surface area contributed by atoms with E-state index in [1.165, 1.54) is 0 Å². The molecule has 0 atom stereocenters. The fourth-order valence-corrected chi connectivity index (χ4v) is 6.52. The molecule has 0 aromatic heterocycles. The van der Waals surface area contributed by atoms with E-state index in [2.05, 4.69) is 19.9 Å². The lowest BCUT2D eigenvalue weighted by Crippen LogP contribution is -2.35. The number of ketones is 1. The second-order valence-corrected chi connectivity index (χ2v) is 11.9. The Morgan fingerprint density at radius 2 is 1.67 bits per heavy atom. The molecule has 0 unspecified atom stereocenters. The average Bonchev–Trinajstić information content (AvgIpc) is 3.07. The fraction of sp³-hybridized carbons (Fsp3) is 0.429. The lowest BCUT2D eigenvalue weighted by atomic mass is 9.83. The van der Waals surface area contributed by atoms with Gasteiger partial charge in [-0.1, -0.05) is 50.6 Å². The molecule has 2 aliphatic rings. The minimum absolute atomic E-state index is 0.110. The second-order valence-electron chi connectivity index (χ2n) is 9.97. The summed E-state index contributed by atoms with van der Waals surface area (Å²) in [6, 6.07) is 14.7. The van der Waals surface area contributed by atoms with Crippen LogP contribution in [0.3, 0.4) is 0 Å². The van der Waals surface area contributed by atoms with Crippen molar-refractivity contribution in [2.24, 2.45) is 0 Å². The summed E-state index contributed by atoms with van der Waals surface area (Å²) in [6.07, 6.45) is 4.92. The Hall–Kier alpha value is -2.97. The number of anilines is 1. The van der Waals surface area contributed by atoms with Gasteiger partial charge in [-0.3, -0.25) is 9.59 Å². The first-order valence-electron chi connectivity index (χ1n) is 12.4. The maximum absolute atomic E-state index is 12.8. The first-order chi connectivity index (χ1) is 17.1. The summed E-state index contributed by atoms with van der Waals surface area (Å²) in [5.74, 6) is -0.729. The first-order valence-corrected chi connectivity index (χ1v) is 13.9. The van der Waals surface area contributed by atoms with Gasteiger partial charge in [0.1, 0.15) is 0 Å². The molecule has 0 saturated carbocycles. The van der Waals surface area contributed by atoms with Crippen molar-refractivity contribution in [1.29, 1.82) is 0 Å². The number of piperidine rings is 1. The number of fused-ring (bicyclic) bond motifs is 1. The third-order valence-corrected chi connectivity index (χ3v) is 9.02. The van der Waals surface area contributed by atoms with E-state index in [-0.39, 0.29) is 29.1 Å². The summed E-state index contributed by atoms with van der Waals surface area (Å²) < 4.78 is 32.3. The third-order valence-electron chi connectivity index (χ3n) is 7.11. The molecule has 192 valence electrons. The van der Waals surface area contributed by atoms with Crippen LogP contribution < -0.4 is 4.90 Å². The van der Waals surface area contributed by atoms with Crippen molar-refractivity contribution in [2.75, 3.05) is 31.6 Å². The lowest BCUT2D eigenvalue weighted by Gasteiger charge is -2.25. The number of sulfonamides is 1. The summed E-state index contributed by atoms with van der Waals surface area (Å²) in [5, 5.41) is 0. The van der Waals surface area contributed by atoms with Gasteiger partial charge >= 0.3 is 5.97 Å². The lowest BCUT2D eigenvalue weighted by molar-refractivity contribution is -0.146. The standard InChI is InChI=1S/C28H34N2O5S/c1-28(2)24-9-5-6-10-25(24)29(3)26(28)19-22(31)20-35-27(32)16-13-21-11-14-23(15-12-21)36(33,34)30-17-7-4-8-18-30/h5-6,9-12,14-15,19H,4,7-8,13,16-18,20H2,1-3H3/b26-19+. The smallest absolute Gasteiger partial charge is 0.306 e. The number of esters is 1. The van der Waals surface area contributed by atoms with Crippen LogP contribution in [-0.4, -0.2) is 51.2 Å². The molecule has 0 amide bonds. The molecule has 2 aliphatic heterocycles. The summed E-state index contributed by atoms with van der Waals surface area (Å²) in [5.41, 5.74) is 3.60. The van der Waals surface area contributed by atoms with Gasteiger partial charge in [0.15, 0.2) is 12.4 Å². The van der Waals surface area contributed by atoms with E-state index >= 15 is 0 Å². The Labute approximate surface area is 213 Å². The van der Waals surface area contributed by atoms with Gasteiger partial charge in [-0.15, -0.1) is 0 Å². The van der Waals surface area contributed by atoms with E-state index in [1.54, 1.807) is 34.6 Å². The van der Waals surface area contributed by atoms with Crippen LogP contribution in [0.1, 0.15) is 50.7 Å². The molecule has 0 spiro atoms. The number of rotatable bonds is 8. The van der Waals surface area contributed by atoms with Gasteiger partial charge in [-0.2, -0.15) is 4.31 Å². The highest BCUT2D eigenvalue weighted by molar-refractivity contribution is 7.89. The summed E-state index contributed by atoms with van der Waals surface area (Å²) in [6.45, 7) is 4.96. The van der Waals surface area contributed by atoms with Crippen molar-refractivity contribution in [1.82, 2.24) is 4.31 Å². The predicted molar refractivity (Wildman–Crippen MR) is 139 cm³/mol. The zero-order valence-corrected chi connectivity index (χ0v) is 22.0. The van der Waals surface area contributed by atoms with Crippen LogP contribution >= 0.6 is 0 Å². The van der Waals surface area contributed by atoms with Crippen molar-refractivity contribution in [3.05, 3.63) is 71.4 Å². The van der Waals surface area contributed by atoms with Crippen LogP contribution in [0.2, 0.25) is 0 Å². The number of carbonyl (C=O) groups is 2. The summed E-state index contributed by atoms with van der Waals surface area (Å²) in [7, 11) is -1.54. The maximum atomic E-state index is 12.8. The quantitative estimate of drug-likeness (QED) is 0.391. The minimum Gasteiger partial charge on any atom is -0.457 e. The Morgan fingerprint density at radius 1 is 1.00 bits per heavy atom. The molecular weight excluding hydrogens is 476 g/mol. The highest BCUT2D eigenvalue weighted by Crippen LogP contribution is 2.46. The monoisotopic (exact) mass is 510 g/mol. The summed E-state index contributed by atoms with van der Waals surface area (Å²) in [4.78, 5) is 27.1. The van der Waals surface area contributed by atoms with Gasteiger partial charge < -0.3 is 9.64 Å². The second kappa shape index (κ2) is 10.6. The number of para-hydroxylation sites is 1. The summed E-state index contributed by atoms with van der Waals surface area (Å²) >= 11 is 0. The van der Waals surface area contributed by atoms with Crippen molar-refractivity contribution in [3.63, 3.8) is 0 Å². The van der Waals surface area contributed by atoms with E-state index in [0.717, 1.165) is 41.8 Å². The average molecular weight is 511 g/mol. The Morgan fingerprint density at radius 3 is 2.33 bits per heavy atom. The molecule has 0 aliphatic carbocycles. The zero-order chi connectivity index (χ0) is 25.9. The molecule has 7 nitrogen and oxygen atoms in total. The Bertz CT molecular complexity index is 1260. The van der Waals surface area contributed by atoms with E-state index in [4.69, 9.17) is 4.74 Å². The van der Waals surface area contributed by atoms with E-state index in [1.807, 2.05) is 30.1 Å². The molecule has 2 aromatic rings. The molecule has 36 heavy (non-hydrogen) atoms. The van der Waals surface area contributed by atoms with Gasteiger partial charge in [0, 0.05) is 49.4 Å². The number of ether oxygens (including phenoxy) is 1. The molecule has 2 aromatic carbocycles. The van der Waals surface area contributed by atoms with Crippen LogP contribution in [0.4, 0.5) is 5.69 Å². The normalized spacial score (nSPS) is 18.8. The molecule has 0 bridgehead atoms. The van der Waals surface area contributed by atoms with Gasteiger partial charge in [-0.05, 0) is 48.6 Å². The Balaban J connectivity index is 1.28. The van der Waals surface area contributed by atoms with Crippen LogP contribution in [0.15, 0.2) is 65.2 Å². The third kappa shape index (κ3) is 5.39. The molecule has 2 heterocycles. The number of allylic oxidation sites excluding steroid dienone is 1. The first kappa shape index (κ1) is 26.1. The zero-order valence-electron chi connectivity index (χ0n) is 21.2. The molecule has 0 radical (unpaired) electrons. The maximum Gasteiger partial charge on any atom is 0.306 e. The number of likely N-dealkylation sites (N-methyl/N-ethyl adjacent to an activating group) is 1. The molecule has 1 saturated heterocycles. The molecule has 4 rings (SSSR count). The van der Waals surface area contributed by atoms with Crippen LogP contribution in [0.5, 0.6) is 0 Å². The predicted octanol–water partition coefficient (Wildman–Crippen LogP) is 4.22. The van der Waals surface area contributed by atoms with Crippen molar-refractivity contribution in [2.45, 2.75) is 56.3 Å². The Kier molecular flexibility index (Phi) is 7.66. The number of benzene rings is 2. The largest absolute Gasteiger partial charge is 0.457 e. The molecule has 8 heteroatoms. The van der Waals surface area contributed by atoms with Crippen molar-refractivity contribution < 1.29 is 22.7 Å². The molecule has 1 fully saturated rings. The number of hydrogen-bond donors (Lipinski definition) is 0. The number of nitrogens with zero attached hydrogens (tertiary/aromatic N) is 2. The topological polar surface area (TPSA) is 84.0 Å². The van der Waals surface area contributed by atoms with Gasteiger partial charge in [0.25, 0.3) is 0 Å². The minimum atomic E-state index is -3.47. The van der Waals surface area contributed by atoms with E-state index in [9.17, 15) is 18.0 Å². The molecular formula is C28H34N2O5S. The van der Waals surface area contributed by atoms with Crippen LogP contribution in [-0.2, 0) is 36.2 Å². The number of carbonyl (C=O) groups excluding carboxylic acids is 2. The number of aryl methyl sites for hydroxylation is 1. The number of hydrogen-bond acceptors (Lipinski definition) is 6. The highest BCUT2D eigenvalue weighted by Gasteiger charge is 2.38. The van der Waals surface area contributed by atoms with E-state index < -0.39 is 16.0 Å². The van der Waals surface area contributed by atoms with Gasteiger partial charge in [0.2, 0.25) is 10.0 Å². The van der Waals surface area contributed by atoms with Gasteiger partial charge in [0.05, 0.1) is 4.90 Å². The van der Waals surface area contributed by atoms with Crippen molar-refractivity contribution >= 4 is 27.5 Å². The van der Waals surface area contributed by atoms with Crippen molar-refractivity contribution in [3.8, 4) is 0 Å². The van der Waals surface area contributed by atoms with E-state index in [0.29, 0.717) is 19.5 Å².